The van der Waals surface area contributed by atoms with Crippen LogP contribution in [-0.4, -0.2) is 58.6 Å². The molecule has 1 aliphatic rings. The minimum Gasteiger partial charge on any atom is -0.507 e. The van der Waals surface area contributed by atoms with Gasteiger partial charge in [0.25, 0.3) is 5.91 Å². The molecule has 0 radical (unpaired) electrons. The summed E-state index contributed by atoms with van der Waals surface area (Å²) in [6.45, 7) is 3.78. The lowest BCUT2D eigenvalue weighted by Crippen LogP contribution is -2.32. The topological polar surface area (TPSA) is 108 Å². The molecule has 0 saturated carbocycles. The standard InChI is InChI=1S/C23H25N3O5/c1-12-9-13(2)18(15(28)10-12)20-19-21(25-24-20)23(29)26(7-8-27)22(19)14-5-6-16(30-3)17(11-14)31-4/h5-6,9-11,22,27-28H,7-8H2,1-4H3,(H,24,25)/t22-/m0/s1. The number of aromatic nitrogens is 2. The van der Waals surface area contributed by atoms with Gasteiger partial charge in [0.2, 0.25) is 0 Å². The van der Waals surface area contributed by atoms with Crippen molar-refractivity contribution in [1.29, 1.82) is 0 Å². The molecule has 162 valence electrons. The third kappa shape index (κ3) is 3.29. The molecular weight excluding hydrogens is 398 g/mol. The third-order valence-corrected chi connectivity index (χ3v) is 5.62. The highest BCUT2D eigenvalue weighted by molar-refractivity contribution is 6.00. The number of phenols is 1. The number of rotatable bonds is 6. The van der Waals surface area contributed by atoms with Crippen molar-refractivity contribution >= 4 is 5.91 Å². The van der Waals surface area contributed by atoms with Crippen LogP contribution in [0.5, 0.6) is 17.2 Å². The van der Waals surface area contributed by atoms with E-state index in [2.05, 4.69) is 10.2 Å². The number of aromatic hydroxyl groups is 1. The van der Waals surface area contributed by atoms with Crippen LogP contribution in [0.15, 0.2) is 30.3 Å². The molecule has 3 aromatic rings. The molecule has 0 aliphatic carbocycles. The molecule has 4 rings (SSSR count). The van der Waals surface area contributed by atoms with E-state index in [-0.39, 0.29) is 24.8 Å². The number of nitrogens with zero attached hydrogens (tertiary/aromatic N) is 2. The van der Waals surface area contributed by atoms with Gasteiger partial charge in [0.1, 0.15) is 17.1 Å². The SMILES string of the molecule is COc1ccc([C@H]2c3c(-c4c(C)cc(C)cc4O)n[nH]c3C(=O)N2CCO)cc1OC. The van der Waals surface area contributed by atoms with Gasteiger partial charge in [-0.05, 0) is 48.7 Å². The zero-order valence-corrected chi connectivity index (χ0v) is 17.9. The number of ether oxygens (including phenoxy) is 2. The van der Waals surface area contributed by atoms with E-state index >= 15 is 0 Å². The van der Waals surface area contributed by atoms with Gasteiger partial charge in [-0.3, -0.25) is 9.89 Å². The summed E-state index contributed by atoms with van der Waals surface area (Å²) < 4.78 is 10.8. The summed E-state index contributed by atoms with van der Waals surface area (Å²) in [7, 11) is 3.11. The number of aliphatic hydroxyl groups is 1. The quantitative estimate of drug-likeness (QED) is 0.563. The van der Waals surface area contributed by atoms with E-state index in [0.717, 1.165) is 16.7 Å². The van der Waals surface area contributed by atoms with E-state index in [0.29, 0.717) is 34.0 Å². The van der Waals surface area contributed by atoms with Crippen molar-refractivity contribution in [3.8, 4) is 28.5 Å². The van der Waals surface area contributed by atoms with Crippen LogP contribution in [0.2, 0.25) is 0 Å². The van der Waals surface area contributed by atoms with Crippen LogP contribution in [-0.2, 0) is 0 Å². The monoisotopic (exact) mass is 423 g/mol. The van der Waals surface area contributed by atoms with E-state index in [1.54, 1.807) is 31.3 Å². The molecule has 1 aliphatic heterocycles. The smallest absolute Gasteiger partial charge is 0.273 e. The molecule has 1 atom stereocenters. The van der Waals surface area contributed by atoms with Crippen LogP contribution in [0, 0.1) is 13.8 Å². The van der Waals surface area contributed by atoms with Gasteiger partial charge in [0.05, 0.1) is 26.9 Å². The summed E-state index contributed by atoms with van der Waals surface area (Å²) in [6.07, 6.45) is 0. The molecule has 0 saturated heterocycles. The van der Waals surface area contributed by atoms with E-state index in [9.17, 15) is 15.0 Å². The maximum atomic E-state index is 13.1. The first-order valence-electron chi connectivity index (χ1n) is 9.93. The Bertz CT molecular complexity index is 1130. The number of carbonyl (C=O) groups excluding carboxylic acids is 1. The Hall–Kier alpha value is -3.52. The van der Waals surface area contributed by atoms with Gasteiger partial charge in [-0.15, -0.1) is 0 Å². The molecule has 2 heterocycles. The van der Waals surface area contributed by atoms with E-state index in [1.165, 1.54) is 0 Å². The number of β-amino-alcohol motifs (C(OH)–C–C–N with tert-alkyl or cyclic N) is 1. The summed E-state index contributed by atoms with van der Waals surface area (Å²) in [5.74, 6) is 0.950. The number of aliphatic hydroxyl groups excluding tert-OH is 1. The number of fused-ring (bicyclic) bond motifs is 1. The maximum Gasteiger partial charge on any atom is 0.273 e. The summed E-state index contributed by atoms with van der Waals surface area (Å²) in [5.41, 5.74) is 4.66. The first kappa shape index (κ1) is 20.7. The number of hydrogen-bond acceptors (Lipinski definition) is 6. The zero-order chi connectivity index (χ0) is 22.3. The van der Waals surface area contributed by atoms with E-state index < -0.39 is 6.04 Å². The van der Waals surface area contributed by atoms with Gasteiger partial charge in [-0.2, -0.15) is 5.10 Å². The lowest BCUT2D eigenvalue weighted by Gasteiger charge is -2.26. The molecule has 8 heteroatoms. The summed E-state index contributed by atoms with van der Waals surface area (Å²) in [4.78, 5) is 14.7. The minimum atomic E-state index is -0.511. The van der Waals surface area contributed by atoms with Gasteiger partial charge < -0.3 is 24.6 Å². The van der Waals surface area contributed by atoms with Gasteiger partial charge in [0.15, 0.2) is 11.5 Å². The van der Waals surface area contributed by atoms with Crippen LogP contribution in [0.3, 0.4) is 0 Å². The number of aryl methyl sites for hydroxylation is 2. The van der Waals surface area contributed by atoms with E-state index in [1.807, 2.05) is 32.0 Å². The van der Waals surface area contributed by atoms with Crippen molar-refractivity contribution in [1.82, 2.24) is 15.1 Å². The number of H-pyrrole nitrogens is 1. The van der Waals surface area contributed by atoms with Crippen molar-refractivity contribution in [2.45, 2.75) is 19.9 Å². The number of benzene rings is 2. The molecule has 2 aromatic carbocycles. The van der Waals surface area contributed by atoms with Crippen molar-refractivity contribution in [3.05, 3.63) is 58.3 Å². The van der Waals surface area contributed by atoms with E-state index in [4.69, 9.17) is 9.47 Å². The second-order valence-corrected chi connectivity index (χ2v) is 7.58. The highest BCUT2D eigenvalue weighted by Crippen LogP contribution is 2.46. The summed E-state index contributed by atoms with van der Waals surface area (Å²) in [6, 6.07) is 8.58. The molecule has 31 heavy (non-hydrogen) atoms. The van der Waals surface area contributed by atoms with Gasteiger partial charge in [0, 0.05) is 17.7 Å². The summed E-state index contributed by atoms with van der Waals surface area (Å²) >= 11 is 0. The zero-order valence-electron chi connectivity index (χ0n) is 17.9. The highest BCUT2D eigenvalue weighted by Gasteiger charge is 2.42. The molecule has 0 fully saturated rings. The fourth-order valence-corrected chi connectivity index (χ4v) is 4.35. The second kappa shape index (κ2) is 7.96. The fourth-order valence-electron chi connectivity index (χ4n) is 4.35. The van der Waals surface area contributed by atoms with Crippen LogP contribution in [0.4, 0.5) is 0 Å². The van der Waals surface area contributed by atoms with Gasteiger partial charge >= 0.3 is 0 Å². The van der Waals surface area contributed by atoms with Crippen LogP contribution < -0.4 is 9.47 Å². The molecule has 1 aromatic heterocycles. The average Bonchev–Trinajstić information content (AvgIpc) is 3.27. The normalized spacial score (nSPS) is 15.3. The molecular formula is C23H25N3O5. The number of carbonyl (C=O) groups is 1. The summed E-state index contributed by atoms with van der Waals surface area (Å²) in [5, 5.41) is 27.6. The van der Waals surface area contributed by atoms with Crippen molar-refractivity contribution in [3.63, 3.8) is 0 Å². The molecule has 8 nitrogen and oxygen atoms in total. The van der Waals surface area contributed by atoms with Crippen LogP contribution in [0.1, 0.15) is 38.8 Å². The first-order chi connectivity index (χ1) is 14.9. The highest BCUT2D eigenvalue weighted by atomic mass is 16.5. The fraction of sp³-hybridized carbons (Fsp3) is 0.304. The van der Waals surface area contributed by atoms with Crippen LogP contribution >= 0.6 is 0 Å². The Morgan fingerprint density at radius 3 is 2.52 bits per heavy atom. The molecule has 0 unspecified atom stereocenters. The lowest BCUT2D eigenvalue weighted by atomic mass is 9.93. The van der Waals surface area contributed by atoms with Gasteiger partial charge in [-0.25, -0.2) is 0 Å². The Labute approximate surface area is 180 Å². The lowest BCUT2D eigenvalue weighted by molar-refractivity contribution is 0.0706. The Balaban J connectivity index is 1.94. The number of aromatic amines is 1. The number of methoxy groups -OCH3 is 2. The largest absolute Gasteiger partial charge is 0.507 e. The molecule has 0 spiro atoms. The minimum absolute atomic E-state index is 0.103. The Morgan fingerprint density at radius 1 is 1.13 bits per heavy atom. The number of phenolic OH excluding ortho intramolecular Hbond substituents is 1. The third-order valence-electron chi connectivity index (χ3n) is 5.62. The predicted octanol–water partition coefficient (Wildman–Crippen LogP) is 2.95. The van der Waals surface area contributed by atoms with Crippen molar-refractivity contribution in [2.24, 2.45) is 0 Å². The molecule has 1 amide bonds. The maximum absolute atomic E-state index is 13.1. The Morgan fingerprint density at radius 2 is 1.87 bits per heavy atom. The van der Waals surface area contributed by atoms with Gasteiger partial charge in [-0.1, -0.05) is 12.1 Å². The average molecular weight is 423 g/mol. The number of nitrogens with one attached hydrogen (secondary N) is 1. The predicted molar refractivity (Wildman–Crippen MR) is 115 cm³/mol. The number of amides is 1. The number of hydrogen-bond donors (Lipinski definition) is 3. The Kier molecular flexibility index (Phi) is 5.32. The second-order valence-electron chi connectivity index (χ2n) is 7.58. The van der Waals surface area contributed by atoms with Crippen molar-refractivity contribution < 1.29 is 24.5 Å². The molecule has 0 bridgehead atoms. The van der Waals surface area contributed by atoms with Crippen LogP contribution in [0.25, 0.3) is 11.3 Å². The molecule has 3 N–H and O–H groups in total. The van der Waals surface area contributed by atoms with Crippen molar-refractivity contribution in [2.75, 3.05) is 27.4 Å². The first-order valence-corrected chi connectivity index (χ1v) is 9.93.